The third kappa shape index (κ3) is 2.74. The molecule has 1 atom stereocenters. The van der Waals surface area contributed by atoms with Crippen LogP contribution in [0.25, 0.3) is 0 Å². The molecule has 3 heteroatoms. The fraction of sp³-hybridized carbons (Fsp3) is 0.200. The Morgan fingerprint density at radius 2 is 1.83 bits per heavy atom. The van der Waals surface area contributed by atoms with E-state index < -0.39 is 0 Å². The largest absolute Gasteiger partial charge is 0.508 e. The third-order valence-electron chi connectivity index (χ3n) is 2.95. The van der Waals surface area contributed by atoms with Gasteiger partial charge in [0, 0.05) is 11.7 Å². The Labute approximate surface area is 107 Å². The molecule has 3 nitrogen and oxygen atoms in total. The first-order valence-corrected chi connectivity index (χ1v) is 5.91. The first-order valence-electron chi connectivity index (χ1n) is 5.91. The van der Waals surface area contributed by atoms with Crippen LogP contribution in [0.1, 0.15) is 24.1 Å². The second-order valence-corrected chi connectivity index (χ2v) is 4.46. The summed E-state index contributed by atoms with van der Waals surface area (Å²) in [7, 11) is 0. The number of nitrogens with one attached hydrogen (secondary N) is 1. The molecule has 0 bridgehead atoms. The van der Waals surface area contributed by atoms with Crippen molar-refractivity contribution in [2.75, 3.05) is 5.32 Å². The molecule has 2 aromatic carbocycles. The van der Waals surface area contributed by atoms with Gasteiger partial charge in [-0.1, -0.05) is 12.1 Å². The molecular formula is C15H17NO2. The summed E-state index contributed by atoms with van der Waals surface area (Å²) >= 11 is 0. The number of aromatic hydroxyl groups is 2. The van der Waals surface area contributed by atoms with Gasteiger partial charge in [-0.15, -0.1) is 0 Å². The maximum atomic E-state index is 9.47. The minimum atomic E-state index is 0.0843. The summed E-state index contributed by atoms with van der Waals surface area (Å²) in [5.74, 6) is 0.564. The van der Waals surface area contributed by atoms with Gasteiger partial charge in [0.25, 0.3) is 0 Å². The minimum Gasteiger partial charge on any atom is -0.508 e. The number of hydrogen-bond donors (Lipinski definition) is 3. The van der Waals surface area contributed by atoms with Gasteiger partial charge >= 0.3 is 0 Å². The summed E-state index contributed by atoms with van der Waals surface area (Å²) < 4.78 is 0. The third-order valence-corrected chi connectivity index (χ3v) is 2.95. The highest BCUT2D eigenvalue weighted by Crippen LogP contribution is 2.25. The van der Waals surface area contributed by atoms with Crippen LogP contribution in [-0.2, 0) is 0 Å². The number of phenols is 2. The molecule has 0 aliphatic rings. The van der Waals surface area contributed by atoms with Crippen molar-refractivity contribution in [3.05, 3.63) is 53.6 Å². The quantitative estimate of drug-likeness (QED) is 0.722. The highest BCUT2D eigenvalue weighted by molar-refractivity contribution is 5.51. The summed E-state index contributed by atoms with van der Waals surface area (Å²) in [5.41, 5.74) is 2.80. The molecule has 0 spiro atoms. The predicted molar refractivity (Wildman–Crippen MR) is 73.0 cm³/mol. The van der Waals surface area contributed by atoms with E-state index in [1.54, 1.807) is 18.2 Å². The molecular weight excluding hydrogens is 226 g/mol. The smallest absolute Gasteiger partial charge is 0.118 e. The average Bonchev–Trinajstić information content (AvgIpc) is 2.34. The highest BCUT2D eigenvalue weighted by atomic mass is 16.3. The zero-order valence-electron chi connectivity index (χ0n) is 10.5. The van der Waals surface area contributed by atoms with E-state index in [1.807, 2.05) is 38.1 Å². The van der Waals surface area contributed by atoms with Crippen molar-refractivity contribution >= 4 is 5.69 Å². The van der Waals surface area contributed by atoms with Crippen LogP contribution >= 0.6 is 0 Å². The Morgan fingerprint density at radius 3 is 2.50 bits per heavy atom. The van der Waals surface area contributed by atoms with Crippen molar-refractivity contribution < 1.29 is 10.2 Å². The van der Waals surface area contributed by atoms with E-state index in [4.69, 9.17) is 0 Å². The summed E-state index contributed by atoms with van der Waals surface area (Å²) in [5, 5.41) is 22.2. The van der Waals surface area contributed by atoms with Crippen LogP contribution in [0.2, 0.25) is 0 Å². The van der Waals surface area contributed by atoms with E-state index in [0.717, 1.165) is 16.8 Å². The molecule has 2 aromatic rings. The summed E-state index contributed by atoms with van der Waals surface area (Å²) in [6, 6.07) is 12.7. The topological polar surface area (TPSA) is 52.5 Å². The summed E-state index contributed by atoms with van der Waals surface area (Å²) in [6.45, 7) is 3.89. The molecule has 0 fully saturated rings. The Balaban J connectivity index is 2.16. The molecule has 94 valence electrons. The van der Waals surface area contributed by atoms with Gasteiger partial charge in [-0.2, -0.15) is 0 Å². The fourth-order valence-corrected chi connectivity index (χ4v) is 1.87. The maximum absolute atomic E-state index is 9.47. The Kier molecular flexibility index (Phi) is 3.42. The zero-order chi connectivity index (χ0) is 13.1. The normalized spacial score (nSPS) is 12.1. The molecule has 3 N–H and O–H groups in total. The number of anilines is 1. The van der Waals surface area contributed by atoms with Gasteiger partial charge in [0.05, 0.1) is 0 Å². The maximum Gasteiger partial charge on any atom is 0.118 e. The van der Waals surface area contributed by atoms with E-state index in [9.17, 15) is 10.2 Å². The van der Waals surface area contributed by atoms with E-state index in [2.05, 4.69) is 5.32 Å². The Hall–Kier alpha value is -2.16. The number of phenolic OH excluding ortho intramolecular Hbond substituents is 2. The summed E-state index contributed by atoms with van der Waals surface area (Å²) in [4.78, 5) is 0. The van der Waals surface area contributed by atoms with Crippen molar-refractivity contribution in [2.45, 2.75) is 19.9 Å². The van der Waals surface area contributed by atoms with Gasteiger partial charge in [-0.3, -0.25) is 0 Å². The van der Waals surface area contributed by atoms with E-state index in [-0.39, 0.29) is 11.8 Å². The first kappa shape index (κ1) is 12.3. The highest BCUT2D eigenvalue weighted by Gasteiger charge is 2.06. The lowest BCUT2D eigenvalue weighted by Gasteiger charge is -2.16. The van der Waals surface area contributed by atoms with Crippen molar-refractivity contribution in [1.82, 2.24) is 0 Å². The molecule has 0 aromatic heterocycles. The average molecular weight is 243 g/mol. The van der Waals surface area contributed by atoms with Gasteiger partial charge in [0.1, 0.15) is 11.5 Å². The van der Waals surface area contributed by atoms with E-state index >= 15 is 0 Å². The van der Waals surface area contributed by atoms with Crippen molar-refractivity contribution in [3.63, 3.8) is 0 Å². The zero-order valence-corrected chi connectivity index (χ0v) is 10.5. The molecule has 0 radical (unpaired) electrons. The van der Waals surface area contributed by atoms with Crippen LogP contribution in [0.4, 0.5) is 5.69 Å². The first-order chi connectivity index (χ1) is 8.56. The fourth-order valence-electron chi connectivity index (χ4n) is 1.87. The van der Waals surface area contributed by atoms with Crippen LogP contribution < -0.4 is 5.32 Å². The second kappa shape index (κ2) is 5.00. The van der Waals surface area contributed by atoms with Crippen LogP contribution in [0.3, 0.4) is 0 Å². The molecule has 0 amide bonds. The molecule has 1 unspecified atom stereocenters. The Morgan fingerprint density at radius 1 is 1.06 bits per heavy atom. The second-order valence-electron chi connectivity index (χ2n) is 4.46. The lowest BCUT2D eigenvalue weighted by atomic mass is 10.1. The summed E-state index contributed by atoms with van der Waals surface area (Å²) in [6.07, 6.45) is 0. The number of rotatable bonds is 3. The number of benzene rings is 2. The molecule has 0 saturated heterocycles. The number of hydrogen-bond acceptors (Lipinski definition) is 3. The van der Waals surface area contributed by atoms with Gasteiger partial charge in [0.15, 0.2) is 0 Å². The molecule has 0 aliphatic heterocycles. The van der Waals surface area contributed by atoms with Gasteiger partial charge in [-0.25, -0.2) is 0 Å². The lowest BCUT2D eigenvalue weighted by Crippen LogP contribution is -2.06. The van der Waals surface area contributed by atoms with Crippen molar-refractivity contribution in [3.8, 4) is 11.5 Å². The molecule has 0 saturated carbocycles. The Bertz CT molecular complexity index is 552. The molecule has 0 aliphatic carbocycles. The van der Waals surface area contributed by atoms with E-state index in [1.165, 1.54) is 0 Å². The lowest BCUT2D eigenvalue weighted by molar-refractivity contribution is 0.471. The van der Waals surface area contributed by atoms with Crippen LogP contribution in [0.5, 0.6) is 11.5 Å². The number of aryl methyl sites for hydroxylation is 1. The van der Waals surface area contributed by atoms with Gasteiger partial charge < -0.3 is 15.5 Å². The minimum absolute atomic E-state index is 0.0843. The van der Waals surface area contributed by atoms with Crippen molar-refractivity contribution in [2.24, 2.45) is 0 Å². The van der Waals surface area contributed by atoms with Crippen LogP contribution in [0.15, 0.2) is 42.5 Å². The van der Waals surface area contributed by atoms with E-state index in [0.29, 0.717) is 5.75 Å². The molecule has 2 rings (SSSR count). The predicted octanol–water partition coefficient (Wildman–Crippen LogP) is 3.58. The monoisotopic (exact) mass is 243 g/mol. The van der Waals surface area contributed by atoms with Gasteiger partial charge in [-0.05, 0) is 55.3 Å². The van der Waals surface area contributed by atoms with Crippen LogP contribution in [0, 0.1) is 6.92 Å². The van der Waals surface area contributed by atoms with Gasteiger partial charge in [0.2, 0.25) is 0 Å². The molecule has 18 heavy (non-hydrogen) atoms. The molecule has 0 heterocycles. The SMILES string of the molecule is Cc1cc(NC(C)c2cccc(O)c2)ccc1O. The van der Waals surface area contributed by atoms with Crippen LogP contribution in [-0.4, -0.2) is 10.2 Å². The van der Waals surface area contributed by atoms with Crippen molar-refractivity contribution in [1.29, 1.82) is 0 Å². The standard InChI is InChI=1S/C15H17NO2/c1-10-8-13(6-7-15(10)18)16-11(2)12-4-3-5-14(17)9-12/h3-9,11,16-18H,1-2H3.